The number of hydrogen-bond acceptors (Lipinski definition) is 3. The van der Waals surface area contributed by atoms with Gasteiger partial charge in [0.05, 0.1) is 0 Å². The van der Waals surface area contributed by atoms with Crippen LogP contribution in [0.3, 0.4) is 0 Å². The van der Waals surface area contributed by atoms with Crippen LogP contribution in [0.2, 0.25) is 36.3 Å². The van der Waals surface area contributed by atoms with Gasteiger partial charge in [-0.2, -0.15) is 0 Å². The van der Waals surface area contributed by atoms with E-state index >= 15 is 0 Å². The molecule has 0 fully saturated rings. The van der Waals surface area contributed by atoms with Crippen molar-refractivity contribution in [2.45, 2.75) is 91.5 Å². The van der Waals surface area contributed by atoms with E-state index in [1.165, 1.54) is 0 Å². The highest BCUT2D eigenvalue weighted by Crippen LogP contribution is 2.46. The summed E-state index contributed by atoms with van der Waals surface area (Å²) in [7, 11) is -4.06. The summed E-state index contributed by atoms with van der Waals surface area (Å²) < 4.78 is 15.4. The maximum Gasteiger partial charge on any atom is 0.883 e. The van der Waals surface area contributed by atoms with E-state index in [1.807, 2.05) is 0 Å². The van der Waals surface area contributed by atoms with Crippen molar-refractivity contribution in [2.75, 3.05) is 0 Å². The van der Waals surface area contributed by atoms with Gasteiger partial charge in [-0.05, 0) is 36.3 Å². The molecule has 0 aliphatic carbocycles. The normalized spacial score (nSPS) is 14.1. The molecule has 0 aliphatic rings. The predicted molar refractivity (Wildman–Crippen MR) is 128 cm³/mol. The van der Waals surface area contributed by atoms with Crippen molar-refractivity contribution in [1.82, 2.24) is 0 Å². The highest BCUT2D eigenvalue weighted by Gasteiger charge is 2.54. The van der Waals surface area contributed by atoms with Crippen LogP contribution in [0.1, 0.15) is 41.5 Å². The van der Waals surface area contributed by atoms with Crippen LogP contribution in [0, 0.1) is 0 Å². The summed E-state index contributed by atoms with van der Waals surface area (Å²) in [6.45, 7) is 12.8. The Hall–Kier alpha value is 2.59. The third-order valence-corrected chi connectivity index (χ3v) is 20.4. The van der Waals surface area contributed by atoms with E-state index in [-0.39, 0.29) is 0 Å². The number of rotatable bonds is 12. The van der Waals surface area contributed by atoms with Crippen molar-refractivity contribution < 1.29 is 10.7 Å². The molecule has 0 saturated heterocycles. The Morgan fingerprint density at radius 1 is 0.630 bits per heavy atom. The molecule has 0 aromatic rings. The van der Waals surface area contributed by atoms with Gasteiger partial charge < -0.3 is 10.7 Å². The molecule has 27 heavy (non-hydrogen) atoms. The summed E-state index contributed by atoms with van der Waals surface area (Å²) in [6, 6.07) is 5.67. The predicted octanol–water partition coefficient (Wildman–Crippen LogP) is 8.14. The third kappa shape index (κ3) is 9.31. The van der Waals surface area contributed by atoms with Gasteiger partial charge in [0.25, 0.3) is 0 Å². The third-order valence-electron chi connectivity index (χ3n) is 5.40. The topological polar surface area (TPSA) is 27.7 Å². The first kappa shape index (κ1) is 29.6. The molecule has 0 atom stereocenters. The Morgan fingerprint density at radius 2 is 0.889 bits per heavy atom. The van der Waals surface area contributed by atoms with E-state index in [4.69, 9.17) is 80.3 Å². The molecule has 0 unspecified atom stereocenters. The van der Waals surface area contributed by atoms with E-state index in [1.54, 1.807) is 0 Å². The van der Waals surface area contributed by atoms with Gasteiger partial charge in [0.15, 0.2) is 16.6 Å². The number of alkyl halides is 6. The lowest BCUT2D eigenvalue weighted by atomic mass is 10.4. The van der Waals surface area contributed by atoms with Crippen molar-refractivity contribution in [3.8, 4) is 0 Å². The van der Waals surface area contributed by atoms with Crippen molar-refractivity contribution in [2.24, 2.45) is 0 Å². The lowest BCUT2D eigenvalue weighted by Gasteiger charge is -2.39. The molecule has 0 aliphatic heterocycles. The van der Waals surface area contributed by atoms with Crippen LogP contribution in [0.5, 0.6) is 0 Å². The molecule has 12 heteroatoms. The molecule has 0 aromatic heterocycles. The summed E-state index contributed by atoms with van der Waals surface area (Å²) in [5.41, 5.74) is 0. The Bertz CT molecular complexity index is 376. The lowest BCUT2D eigenvalue weighted by molar-refractivity contribution is 0.128. The molecule has 0 rings (SSSR count). The molecule has 0 radical (unpaired) electrons. The summed E-state index contributed by atoms with van der Waals surface area (Å²) in [5, 5.41) is 0. The number of hydrogen-bond donors (Lipinski definition) is 0. The molecular weight excluding hydrogens is 524 g/mol. The summed E-state index contributed by atoms with van der Waals surface area (Å²) in [4.78, 5) is 0. The van der Waals surface area contributed by atoms with Crippen LogP contribution in [-0.2, 0) is 10.7 Å². The van der Waals surface area contributed by atoms with Gasteiger partial charge in [-0.1, -0.05) is 111 Å². The highest BCUT2D eigenvalue weighted by molar-refractivity contribution is 6.83. The van der Waals surface area contributed by atoms with E-state index in [0.29, 0.717) is 0 Å². The Morgan fingerprint density at radius 3 is 1.07 bits per heavy atom. The van der Waals surface area contributed by atoms with Crippen LogP contribution in [-0.4, -0.2) is 45.5 Å². The Kier molecular flexibility index (Phi) is 13.8. The van der Waals surface area contributed by atoms with Gasteiger partial charge in [-0.15, -0.1) is 0 Å². The maximum atomic E-state index is 6.58. The Labute approximate surface area is 202 Å². The fourth-order valence-electron chi connectivity index (χ4n) is 2.94. The average Bonchev–Trinajstić information content (AvgIpc) is 2.60. The molecule has 0 bridgehead atoms. The van der Waals surface area contributed by atoms with Gasteiger partial charge in [0.2, 0.25) is 7.59 Å². The number of halogens is 6. The fourth-order valence-corrected chi connectivity index (χ4v) is 17.2. The second-order valence-electron chi connectivity index (χ2n) is 6.61. The van der Waals surface area contributed by atoms with Gasteiger partial charge in [0.1, 0.15) is 6.10 Å². The van der Waals surface area contributed by atoms with Crippen molar-refractivity contribution in [3.05, 3.63) is 0 Å². The smallest absolute Gasteiger partial charge is 0.499 e. The minimum absolute atomic E-state index is 0.946. The first-order chi connectivity index (χ1) is 12.3. The summed E-state index contributed by atoms with van der Waals surface area (Å²) in [6.07, 6.45) is -1.29. The first-order valence-electron chi connectivity index (χ1n) is 9.43. The zero-order valence-corrected chi connectivity index (χ0v) is 24.6. The van der Waals surface area contributed by atoms with E-state index < -0.39 is 45.5 Å². The van der Waals surface area contributed by atoms with E-state index in [0.717, 1.165) is 36.3 Å². The van der Waals surface area contributed by atoms with Crippen molar-refractivity contribution in [3.63, 3.8) is 0 Å². The van der Waals surface area contributed by atoms with E-state index in [9.17, 15) is 0 Å². The quantitative estimate of drug-likeness (QED) is 0.180. The molecule has 0 heterocycles. The van der Waals surface area contributed by atoms with Crippen LogP contribution in [0.15, 0.2) is 0 Å². The Balaban J connectivity index is 5.89. The van der Waals surface area contributed by atoms with Gasteiger partial charge in [-0.25, -0.2) is 0 Å². The molecule has 0 spiro atoms. The standard InChI is InChI=1S/2C6H15OSi.C3HCl6O.Al/c2*1-4-8(7,5-2)6-3;4-2(5,6)1(10)3(7,8)9;/h2*4-6H2,1-3H3;1H;/q3*-1;+3. The molecule has 0 aromatic carbocycles. The fraction of sp³-hybridized carbons (Fsp3) is 1.00. The minimum Gasteiger partial charge on any atom is -0.499 e. The second kappa shape index (κ2) is 12.6. The zero-order valence-electron chi connectivity index (χ0n) is 16.9. The summed E-state index contributed by atoms with van der Waals surface area (Å²) >= 11 is 33.6. The molecule has 3 nitrogen and oxygen atoms in total. The van der Waals surface area contributed by atoms with Crippen LogP contribution in [0.4, 0.5) is 0 Å². The van der Waals surface area contributed by atoms with Crippen molar-refractivity contribution in [1.29, 1.82) is 0 Å². The van der Waals surface area contributed by atoms with Gasteiger partial charge in [0, 0.05) is 0 Å². The van der Waals surface area contributed by atoms with Crippen LogP contribution >= 0.6 is 69.6 Å². The van der Waals surface area contributed by atoms with Gasteiger partial charge in [-0.3, -0.25) is 0 Å². The minimum atomic E-state index is -2.73. The monoisotopic (exact) mass is 552 g/mol. The SMILES string of the molecule is CC[Si](CC)(CC)[O][Al]([O]C(C(Cl)(Cl)Cl)C(Cl)(Cl)Cl)[O][Si](CC)(CC)CC. The largest absolute Gasteiger partial charge is 0.883 e. The first-order valence-corrected chi connectivity index (χ1v) is 18.2. The van der Waals surface area contributed by atoms with Gasteiger partial charge >= 0.3 is 15.1 Å². The highest BCUT2D eigenvalue weighted by atomic mass is 35.6. The molecular formula is C15H31AlCl6O3Si2. The van der Waals surface area contributed by atoms with Crippen LogP contribution in [0.25, 0.3) is 0 Å². The van der Waals surface area contributed by atoms with Crippen LogP contribution < -0.4 is 0 Å². The lowest BCUT2D eigenvalue weighted by Crippen LogP contribution is -2.54. The second-order valence-corrected chi connectivity index (χ2v) is 23.1. The van der Waals surface area contributed by atoms with Crippen molar-refractivity contribution >= 4 is 101 Å². The molecule has 162 valence electrons. The van der Waals surface area contributed by atoms with E-state index in [2.05, 4.69) is 41.5 Å². The molecule has 0 N–H and O–H groups in total. The summed E-state index contributed by atoms with van der Waals surface area (Å²) in [5.74, 6) is 0. The maximum absolute atomic E-state index is 6.58. The molecule has 0 saturated carbocycles. The molecule has 0 amide bonds. The average molecular weight is 555 g/mol. The zero-order chi connectivity index (χ0) is 21.5.